The number of hydrogen-bond donors (Lipinski definition) is 2. The molecule has 3 rings (SSSR count). The van der Waals surface area contributed by atoms with Gasteiger partial charge in [0.05, 0.1) is 5.88 Å². The molecule has 7 heteroatoms. The molecule has 1 saturated heterocycles. The third-order valence-corrected chi connectivity index (χ3v) is 5.92. The lowest BCUT2D eigenvalue weighted by Gasteiger charge is -2.26. The van der Waals surface area contributed by atoms with Gasteiger partial charge in [0.25, 0.3) is 0 Å². The van der Waals surface area contributed by atoms with Crippen LogP contribution in [-0.2, 0) is 9.59 Å². The minimum absolute atomic E-state index is 0. The molecule has 0 radical (unpaired) electrons. The van der Waals surface area contributed by atoms with Crippen LogP contribution in [0, 0.1) is 11.8 Å². The second kappa shape index (κ2) is 7.88. The van der Waals surface area contributed by atoms with E-state index in [1.807, 2.05) is 0 Å². The van der Waals surface area contributed by atoms with Crippen LogP contribution in [-0.4, -0.2) is 47.0 Å². The molecule has 1 aliphatic heterocycles. The molecular weight excluding hydrogens is 322 g/mol. The van der Waals surface area contributed by atoms with E-state index in [-0.39, 0.29) is 42.2 Å². The maximum atomic E-state index is 12.5. The van der Waals surface area contributed by atoms with Crippen LogP contribution in [0.15, 0.2) is 0 Å². The van der Waals surface area contributed by atoms with Gasteiger partial charge in [0, 0.05) is 24.3 Å². The van der Waals surface area contributed by atoms with Gasteiger partial charge >= 0.3 is 0 Å². The molecule has 3 aliphatic rings. The van der Waals surface area contributed by atoms with E-state index in [1.54, 1.807) is 16.7 Å². The van der Waals surface area contributed by atoms with Crippen molar-refractivity contribution in [2.24, 2.45) is 17.6 Å². The topological polar surface area (TPSA) is 75.4 Å². The number of hydrogen-bond acceptors (Lipinski definition) is 4. The molecule has 0 aromatic rings. The van der Waals surface area contributed by atoms with Crippen molar-refractivity contribution in [3.05, 3.63) is 0 Å². The van der Waals surface area contributed by atoms with E-state index in [1.165, 1.54) is 12.8 Å². The van der Waals surface area contributed by atoms with Crippen LogP contribution >= 0.6 is 24.2 Å². The fourth-order valence-corrected chi connectivity index (χ4v) is 4.48. The average molecular weight is 348 g/mol. The van der Waals surface area contributed by atoms with Gasteiger partial charge < -0.3 is 16.0 Å². The highest BCUT2D eigenvalue weighted by Crippen LogP contribution is 2.32. The van der Waals surface area contributed by atoms with Gasteiger partial charge in [0.15, 0.2) is 0 Å². The van der Waals surface area contributed by atoms with Gasteiger partial charge in [-0.1, -0.05) is 12.8 Å². The number of carbonyl (C=O) groups excluding carboxylic acids is 2. The fraction of sp³-hybridized carbons (Fsp3) is 0.867. The van der Waals surface area contributed by atoms with Gasteiger partial charge in [-0.2, -0.15) is 0 Å². The van der Waals surface area contributed by atoms with E-state index >= 15 is 0 Å². The highest BCUT2D eigenvalue weighted by molar-refractivity contribution is 7.99. The van der Waals surface area contributed by atoms with Crippen LogP contribution < -0.4 is 11.1 Å². The molecule has 5 nitrogen and oxygen atoms in total. The van der Waals surface area contributed by atoms with Crippen molar-refractivity contribution in [3.63, 3.8) is 0 Å². The summed E-state index contributed by atoms with van der Waals surface area (Å²) < 4.78 is 0. The van der Waals surface area contributed by atoms with Crippen LogP contribution in [0.4, 0.5) is 0 Å². The van der Waals surface area contributed by atoms with Gasteiger partial charge in [-0.25, -0.2) is 0 Å². The molecule has 22 heavy (non-hydrogen) atoms. The van der Waals surface area contributed by atoms with Gasteiger partial charge in [-0.05, 0) is 31.6 Å². The lowest BCUT2D eigenvalue weighted by molar-refractivity contribution is -0.141. The number of halogens is 1. The third kappa shape index (κ3) is 4.09. The summed E-state index contributed by atoms with van der Waals surface area (Å²) in [4.78, 5) is 26.7. The van der Waals surface area contributed by atoms with Crippen LogP contribution in [0.1, 0.15) is 38.5 Å². The van der Waals surface area contributed by atoms with Crippen molar-refractivity contribution in [2.45, 2.75) is 50.6 Å². The maximum Gasteiger partial charge on any atom is 0.243 e. The van der Waals surface area contributed by atoms with Crippen molar-refractivity contribution >= 4 is 36.0 Å². The molecule has 3 fully saturated rings. The first kappa shape index (κ1) is 17.9. The Hall–Kier alpha value is -0.460. The van der Waals surface area contributed by atoms with Gasteiger partial charge in [-0.3, -0.25) is 9.59 Å². The summed E-state index contributed by atoms with van der Waals surface area (Å²) >= 11 is 1.67. The Morgan fingerprint density at radius 2 is 1.91 bits per heavy atom. The monoisotopic (exact) mass is 347 g/mol. The average Bonchev–Trinajstić information content (AvgIpc) is 3.02. The smallest absolute Gasteiger partial charge is 0.243 e. The first-order chi connectivity index (χ1) is 10.2. The molecule has 126 valence electrons. The van der Waals surface area contributed by atoms with Crippen LogP contribution in [0.2, 0.25) is 0 Å². The van der Waals surface area contributed by atoms with Crippen LogP contribution in [0.25, 0.3) is 0 Å². The standard InChI is InChI=1S/C15H25N3O2S.ClH/c16-12(10-5-6-10)7-17-14(19)13-8-21-9-18(13)15(20)11-3-1-2-4-11;/h10-13H,1-9,16H2,(H,17,19);1H. The summed E-state index contributed by atoms with van der Waals surface area (Å²) in [6.07, 6.45) is 6.63. The Morgan fingerprint density at radius 1 is 1.23 bits per heavy atom. The van der Waals surface area contributed by atoms with E-state index in [0.29, 0.717) is 24.1 Å². The lowest BCUT2D eigenvalue weighted by Crippen LogP contribution is -2.51. The molecule has 2 atom stereocenters. The number of nitrogens with zero attached hydrogens (tertiary/aromatic N) is 1. The number of rotatable bonds is 5. The minimum Gasteiger partial charge on any atom is -0.353 e. The summed E-state index contributed by atoms with van der Waals surface area (Å²) in [5, 5.41) is 2.95. The predicted molar refractivity (Wildman–Crippen MR) is 90.9 cm³/mol. The summed E-state index contributed by atoms with van der Waals surface area (Å²) in [6.45, 7) is 0.538. The molecule has 2 aliphatic carbocycles. The Kier molecular flexibility index (Phi) is 6.41. The van der Waals surface area contributed by atoms with Gasteiger partial charge in [0.1, 0.15) is 6.04 Å². The van der Waals surface area contributed by atoms with Crippen LogP contribution in [0.3, 0.4) is 0 Å². The first-order valence-electron chi connectivity index (χ1n) is 8.08. The molecule has 3 N–H and O–H groups in total. The normalized spacial score (nSPS) is 26.6. The van der Waals surface area contributed by atoms with E-state index in [9.17, 15) is 9.59 Å². The van der Waals surface area contributed by atoms with Crippen molar-refractivity contribution in [1.82, 2.24) is 10.2 Å². The fourth-order valence-electron chi connectivity index (χ4n) is 3.31. The molecule has 0 spiro atoms. The van der Waals surface area contributed by atoms with Crippen molar-refractivity contribution < 1.29 is 9.59 Å². The summed E-state index contributed by atoms with van der Waals surface area (Å²) in [6, 6.07) is -0.225. The maximum absolute atomic E-state index is 12.5. The first-order valence-corrected chi connectivity index (χ1v) is 9.24. The second-order valence-electron chi connectivity index (χ2n) is 6.55. The summed E-state index contributed by atoms with van der Waals surface area (Å²) in [5.74, 6) is 2.25. The number of thioether (sulfide) groups is 1. The highest BCUT2D eigenvalue weighted by Gasteiger charge is 2.38. The summed E-state index contributed by atoms with van der Waals surface area (Å²) in [5.41, 5.74) is 6.02. The molecule has 0 aromatic carbocycles. The van der Waals surface area contributed by atoms with E-state index < -0.39 is 0 Å². The molecule has 2 unspecified atom stereocenters. The summed E-state index contributed by atoms with van der Waals surface area (Å²) in [7, 11) is 0. The van der Waals surface area contributed by atoms with Crippen molar-refractivity contribution in [1.29, 1.82) is 0 Å². The zero-order valence-corrected chi connectivity index (χ0v) is 14.5. The zero-order valence-electron chi connectivity index (χ0n) is 12.8. The van der Waals surface area contributed by atoms with E-state index in [2.05, 4.69) is 5.32 Å². The van der Waals surface area contributed by atoms with Gasteiger partial charge in [0.2, 0.25) is 11.8 Å². The quantitative estimate of drug-likeness (QED) is 0.787. The second-order valence-corrected chi connectivity index (χ2v) is 7.55. The number of nitrogens with two attached hydrogens (primary N) is 1. The molecular formula is C15H26ClN3O2S. The molecule has 0 bridgehead atoms. The van der Waals surface area contributed by atoms with E-state index in [0.717, 1.165) is 25.7 Å². The molecule has 2 amide bonds. The molecule has 1 heterocycles. The predicted octanol–water partition coefficient (Wildman–Crippen LogP) is 1.35. The Balaban J connectivity index is 0.00000176. The highest BCUT2D eigenvalue weighted by atomic mass is 35.5. The Labute approximate surface area is 142 Å². The van der Waals surface area contributed by atoms with Gasteiger partial charge in [-0.15, -0.1) is 24.2 Å². The molecule has 2 saturated carbocycles. The minimum atomic E-state index is -0.297. The van der Waals surface area contributed by atoms with Crippen molar-refractivity contribution in [3.8, 4) is 0 Å². The zero-order chi connectivity index (χ0) is 14.8. The third-order valence-electron chi connectivity index (χ3n) is 4.91. The van der Waals surface area contributed by atoms with E-state index in [4.69, 9.17) is 5.73 Å². The Morgan fingerprint density at radius 3 is 2.55 bits per heavy atom. The Bertz CT molecular complexity index is 414. The number of nitrogens with one attached hydrogen (secondary N) is 1. The lowest BCUT2D eigenvalue weighted by atomic mass is 10.1. The van der Waals surface area contributed by atoms with Crippen LogP contribution in [0.5, 0.6) is 0 Å². The largest absolute Gasteiger partial charge is 0.353 e. The molecule has 0 aromatic heterocycles. The number of amides is 2. The number of carbonyl (C=O) groups is 2. The SMILES string of the molecule is Cl.NC(CNC(=O)C1CSCN1C(=O)C1CCCC1)C1CC1. The van der Waals surface area contributed by atoms with Crippen molar-refractivity contribution in [2.75, 3.05) is 18.2 Å².